The van der Waals surface area contributed by atoms with Gasteiger partial charge in [0.1, 0.15) is 0 Å². The predicted octanol–water partition coefficient (Wildman–Crippen LogP) is 5.10. The largest absolute Gasteiger partial charge is 0.478 e. The molecule has 1 aromatic heterocycles. The summed E-state index contributed by atoms with van der Waals surface area (Å²) in [6.07, 6.45) is 3.95. The van der Waals surface area contributed by atoms with Crippen molar-refractivity contribution in [1.82, 2.24) is 10.2 Å². The number of nitrogens with one attached hydrogen (secondary N) is 1. The highest BCUT2D eigenvalue weighted by atomic mass is 16.4. The second-order valence-electron chi connectivity index (χ2n) is 5.96. The molecular weight excluding hydrogens is 324 g/mol. The number of hydrogen-bond acceptors (Lipinski definition) is 2. The van der Waals surface area contributed by atoms with Crippen LogP contribution in [0.1, 0.15) is 21.6 Å². The van der Waals surface area contributed by atoms with Crippen molar-refractivity contribution in [3.8, 4) is 11.1 Å². The van der Waals surface area contributed by atoms with E-state index in [-0.39, 0.29) is 5.56 Å². The van der Waals surface area contributed by atoms with Gasteiger partial charge in [0.2, 0.25) is 0 Å². The monoisotopic (exact) mass is 340 g/mol. The van der Waals surface area contributed by atoms with E-state index in [0.717, 1.165) is 33.3 Å². The molecule has 1 heterocycles. The zero-order chi connectivity index (χ0) is 17.9. The summed E-state index contributed by atoms with van der Waals surface area (Å²) in [6, 6.07) is 23.3. The van der Waals surface area contributed by atoms with Gasteiger partial charge in [-0.15, -0.1) is 0 Å². The Morgan fingerprint density at radius 1 is 0.923 bits per heavy atom. The molecule has 0 fully saturated rings. The van der Waals surface area contributed by atoms with Gasteiger partial charge in [0.05, 0.1) is 16.8 Å². The summed E-state index contributed by atoms with van der Waals surface area (Å²) in [5.41, 5.74) is 5.14. The summed E-state index contributed by atoms with van der Waals surface area (Å²) < 4.78 is 0. The van der Waals surface area contributed by atoms with E-state index in [1.165, 1.54) is 0 Å². The second-order valence-corrected chi connectivity index (χ2v) is 5.96. The lowest BCUT2D eigenvalue weighted by Gasteiger charge is -2.05. The van der Waals surface area contributed by atoms with Gasteiger partial charge in [-0.2, -0.15) is 5.10 Å². The van der Waals surface area contributed by atoms with Crippen LogP contribution < -0.4 is 0 Å². The van der Waals surface area contributed by atoms with Crippen LogP contribution in [0.4, 0.5) is 0 Å². The normalized spacial score (nSPS) is 11.2. The minimum atomic E-state index is -0.947. The molecule has 0 amide bonds. The number of benzene rings is 3. The van der Waals surface area contributed by atoms with E-state index < -0.39 is 5.97 Å². The molecule has 0 bridgehead atoms. The first-order valence-corrected chi connectivity index (χ1v) is 8.26. The summed E-state index contributed by atoms with van der Waals surface area (Å²) in [5.74, 6) is -0.947. The maximum Gasteiger partial charge on any atom is 0.335 e. The molecule has 4 nitrogen and oxygen atoms in total. The Morgan fingerprint density at radius 3 is 2.50 bits per heavy atom. The van der Waals surface area contributed by atoms with Crippen LogP contribution >= 0.6 is 0 Å². The van der Waals surface area contributed by atoms with Crippen molar-refractivity contribution in [3.63, 3.8) is 0 Å². The molecule has 4 aromatic rings. The Balaban J connectivity index is 1.75. The fraction of sp³-hybridized carbons (Fsp3) is 0. The number of carbonyl (C=O) groups is 1. The molecule has 0 radical (unpaired) electrons. The molecule has 0 aliphatic carbocycles. The zero-order valence-electron chi connectivity index (χ0n) is 13.9. The maximum absolute atomic E-state index is 11.2. The van der Waals surface area contributed by atoms with Crippen LogP contribution in [0, 0.1) is 0 Å². The molecular formula is C22H16N2O2. The minimum absolute atomic E-state index is 0.248. The number of aromatic carboxylic acids is 1. The summed E-state index contributed by atoms with van der Waals surface area (Å²) in [4.78, 5) is 11.2. The first kappa shape index (κ1) is 15.8. The van der Waals surface area contributed by atoms with E-state index in [1.807, 2.05) is 42.5 Å². The number of hydrogen-bond donors (Lipinski definition) is 2. The lowest BCUT2D eigenvalue weighted by atomic mass is 9.99. The number of nitrogens with zero attached hydrogens (tertiary/aromatic N) is 1. The minimum Gasteiger partial charge on any atom is -0.478 e. The molecule has 0 aliphatic rings. The second kappa shape index (κ2) is 6.69. The Morgan fingerprint density at radius 2 is 1.69 bits per heavy atom. The fourth-order valence-corrected chi connectivity index (χ4v) is 2.99. The van der Waals surface area contributed by atoms with Gasteiger partial charge in [0.25, 0.3) is 0 Å². The number of aromatic amines is 1. The molecule has 0 unspecified atom stereocenters. The third kappa shape index (κ3) is 3.00. The highest BCUT2D eigenvalue weighted by molar-refractivity contribution is 5.97. The van der Waals surface area contributed by atoms with Gasteiger partial charge in [-0.1, -0.05) is 60.7 Å². The molecule has 0 spiro atoms. The number of fused-ring (bicyclic) bond motifs is 1. The van der Waals surface area contributed by atoms with Crippen LogP contribution in [0.5, 0.6) is 0 Å². The van der Waals surface area contributed by atoms with Gasteiger partial charge in [-0.05, 0) is 41.0 Å². The number of carboxylic acids is 1. The van der Waals surface area contributed by atoms with Gasteiger partial charge in [-0.25, -0.2) is 4.79 Å². The predicted molar refractivity (Wildman–Crippen MR) is 104 cm³/mol. The Labute approximate surface area is 150 Å². The quantitative estimate of drug-likeness (QED) is 0.543. The molecule has 4 rings (SSSR count). The molecule has 0 aliphatic heterocycles. The molecule has 0 atom stereocenters. The molecule has 4 heteroatoms. The SMILES string of the molecule is O=C(O)c1ccc2n[nH]c(/C=C/c3ccccc3-c3ccccc3)c2c1. The van der Waals surface area contributed by atoms with E-state index in [4.69, 9.17) is 0 Å². The van der Waals surface area contributed by atoms with Crippen LogP contribution in [0.3, 0.4) is 0 Å². The molecule has 3 aromatic carbocycles. The van der Waals surface area contributed by atoms with Gasteiger partial charge in [-0.3, -0.25) is 5.10 Å². The van der Waals surface area contributed by atoms with Crippen molar-refractivity contribution < 1.29 is 9.90 Å². The summed E-state index contributed by atoms with van der Waals surface area (Å²) in [6.45, 7) is 0. The number of aromatic nitrogens is 2. The smallest absolute Gasteiger partial charge is 0.335 e. The van der Waals surface area contributed by atoms with E-state index in [0.29, 0.717) is 0 Å². The Hall–Kier alpha value is -3.66. The van der Waals surface area contributed by atoms with Crippen LogP contribution in [0.2, 0.25) is 0 Å². The highest BCUT2D eigenvalue weighted by Gasteiger charge is 2.08. The average molecular weight is 340 g/mol. The van der Waals surface area contributed by atoms with Gasteiger partial charge >= 0.3 is 5.97 Å². The molecule has 126 valence electrons. The summed E-state index contributed by atoms with van der Waals surface area (Å²) in [7, 11) is 0. The van der Waals surface area contributed by atoms with Crippen molar-refractivity contribution >= 4 is 29.0 Å². The lowest BCUT2D eigenvalue weighted by molar-refractivity contribution is 0.0697. The van der Waals surface area contributed by atoms with E-state index in [1.54, 1.807) is 18.2 Å². The van der Waals surface area contributed by atoms with Gasteiger partial charge < -0.3 is 5.11 Å². The molecule has 0 saturated heterocycles. The van der Waals surface area contributed by atoms with E-state index >= 15 is 0 Å². The molecule has 26 heavy (non-hydrogen) atoms. The van der Waals surface area contributed by atoms with Crippen LogP contribution in [-0.4, -0.2) is 21.3 Å². The van der Waals surface area contributed by atoms with Crippen molar-refractivity contribution in [2.75, 3.05) is 0 Å². The van der Waals surface area contributed by atoms with Crippen molar-refractivity contribution in [3.05, 3.63) is 89.6 Å². The third-order valence-electron chi connectivity index (χ3n) is 4.31. The van der Waals surface area contributed by atoms with Crippen LogP contribution in [0.15, 0.2) is 72.8 Å². The maximum atomic E-state index is 11.2. The van der Waals surface area contributed by atoms with Crippen LogP contribution in [-0.2, 0) is 0 Å². The standard InChI is InChI=1S/C22H16N2O2/c25-22(26)17-11-13-21-19(14-17)20(23-24-21)12-10-16-8-4-5-9-18(16)15-6-2-1-3-7-15/h1-14H,(H,23,24)(H,25,26)/b12-10+. The van der Waals surface area contributed by atoms with Crippen LogP contribution in [0.25, 0.3) is 34.2 Å². The molecule has 0 saturated carbocycles. The lowest BCUT2D eigenvalue weighted by Crippen LogP contribution is -1.94. The number of carboxylic acid groups (broad SMARTS) is 1. The van der Waals surface area contributed by atoms with E-state index in [2.05, 4.69) is 34.5 Å². The van der Waals surface area contributed by atoms with Gasteiger partial charge in [0.15, 0.2) is 0 Å². The Bertz CT molecular complexity index is 1110. The first-order valence-electron chi connectivity index (χ1n) is 8.26. The van der Waals surface area contributed by atoms with Crippen molar-refractivity contribution in [1.29, 1.82) is 0 Å². The summed E-state index contributed by atoms with van der Waals surface area (Å²) in [5, 5.41) is 17.2. The summed E-state index contributed by atoms with van der Waals surface area (Å²) >= 11 is 0. The highest BCUT2D eigenvalue weighted by Crippen LogP contribution is 2.26. The van der Waals surface area contributed by atoms with Gasteiger partial charge in [0, 0.05) is 5.39 Å². The van der Waals surface area contributed by atoms with Crippen molar-refractivity contribution in [2.24, 2.45) is 0 Å². The fourth-order valence-electron chi connectivity index (χ4n) is 2.99. The number of rotatable bonds is 4. The first-order chi connectivity index (χ1) is 12.7. The molecule has 2 N–H and O–H groups in total. The average Bonchev–Trinajstić information content (AvgIpc) is 3.09. The Kier molecular flexibility index (Phi) is 4.07. The van der Waals surface area contributed by atoms with Crippen molar-refractivity contribution in [2.45, 2.75) is 0 Å². The topological polar surface area (TPSA) is 66.0 Å². The number of H-pyrrole nitrogens is 1. The third-order valence-corrected chi connectivity index (χ3v) is 4.31. The zero-order valence-corrected chi connectivity index (χ0v) is 13.9. The van der Waals surface area contributed by atoms with E-state index in [9.17, 15) is 9.90 Å².